The van der Waals surface area contributed by atoms with Crippen LogP contribution in [-0.4, -0.2) is 22.5 Å². The number of thioether (sulfide) groups is 1. The van der Waals surface area contributed by atoms with E-state index in [0.717, 1.165) is 11.1 Å². The molecule has 0 amide bonds. The molecule has 1 atom stereocenters. The molecule has 3 aromatic carbocycles. The van der Waals surface area contributed by atoms with E-state index in [0.29, 0.717) is 16.2 Å². The Balaban J connectivity index is 1.99. The van der Waals surface area contributed by atoms with Gasteiger partial charge in [0.25, 0.3) is 1.43 Å². The minimum absolute atomic E-state index is 0.0869. The highest BCUT2D eigenvalue weighted by Gasteiger charge is 2.24. The molecule has 132 valence electrons. The third-order valence-corrected chi connectivity index (χ3v) is 5.25. The highest BCUT2D eigenvalue weighted by atomic mass is 32.2. The van der Waals surface area contributed by atoms with Gasteiger partial charge in [0.1, 0.15) is 17.2 Å². The maximum atomic E-state index is 13.1. The summed E-state index contributed by atoms with van der Waals surface area (Å²) in [6.07, 6.45) is 0. The lowest BCUT2D eigenvalue weighted by molar-refractivity contribution is 0.0989. The molecule has 0 aliphatic heterocycles. The van der Waals surface area contributed by atoms with Gasteiger partial charge in [0.2, 0.25) is 0 Å². The standard InChI is InChI=1S/C21H18O4S/c1-13-2-11-19(18(24)12-13)26-21(15-5-9-17(23)10-6-15)20(25)14-3-7-16(22)8-4-14/h2-12,21-24H,1H3/i/hT. The lowest BCUT2D eigenvalue weighted by Crippen LogP contribution is -2.10. The first-order chi connectivity index (χ1) is 13.0. The Hall–Kier alpha value is -2.92. The largest absolute Gasteiger partial charge is 0.508 e. The van der Waals surface area contributed by atoms with Gasteiger partial charge in [-0.25, -0.2) is 0 Å². The van der Waals surface area contributed by atoms with Crippen molar-refractivity contribution in [2.24, 2.45) is 0 Å². The van der Waals surface area contributed by atoms with Gasteiger partial charge in [-0.1, -0.05) is 18.2 Å². The fourth-order valence-corrected chi connectivity index (χ4v) is 3.66. The van der Waals surface area contributed by atoms with Crippen molar-refractivity contribution in [1.82, 2.24) is 0 Å². The van der Waals surface area contributed by atoms with Gasteiger partial charge in [0.15, 0.2) is 5.78 Å². The summed E-state index contributed by atoms with van der Waals surface area (Å²) in [6, 6.07) is 18.1. The van der Waals surface area contributed by atoms with Crippen LogP contribution >= 0.6 is 11.8 Å². The van der Waals surface area contributed by atoms with Gasteiger partial charge in [-0.15, -0.1) is 11.8 Å². The quantitative estimate of drug-likeness (QED) is 0.429. The molecular weight excluding hydrogens is 348 g/mol. The fraction of sp³-hybridized carbons (Fsp3) is 0.0952. The van der Waals surface area contributed by atoms with E-state index in [1.54, 1.807) is 48.5 Å². The molecule has 0 aliphatic rings. The van der Waals surface area contributed by atoms with Crippen LogP contribution in [0, 0.1) is 6.92 Å². The van der Waals surface area contributed by atoms with E-state index in [1.807, 2.05) is 13.0 Å². The topological polar surface area (TPSA) is 77.8 Å². The number of aromatic hydroxyl groups is 3. The van der Waals surface area contributed by atoms with E-state index < -0.39 is 5.25 Å². The molecule has 0 bridgehead atoms. The number of phenolic OH excluding ortho intramolecular Hbond substituents is 3. The first kappa shape index (κ1) is 16.5. The molecule has 0 saturated heterocycles. The average molecular weight is 368 g/mol. The van der Waals surface area contributed by atoms with E-state index in [2.05, 4.69) is 5.11 Å². The minimum Gasteiger partial charge on any atom is -0.508 e. The molecular formula is C21H18O4S. The molecule has 0 spiro atoms. The average Bonchev–Trinajstić information content (AvgIpc) is 2.68. The van der Waals surface area contributed by atoms with Gasteiger partial charge in [0, 0.05) is 5.56 Å². The number of phenols is 3. The number of carbonyl (C=O) groups excluding carboxylic acids is 1. The molecule has 0 aliphatic carbocycles. The molecule has 0 fully saturated rings. The number of ketones is 1. The highest BCUT2D eigenvalue weighted by molar-refractivity contribution is 8.00. The lowest BCUT2D eigenvalue weighted by atomic mass is 10.0. The Morgan fingerprint density at radius 3 is 2.23 bits per heavy atom. The summed E-state index contributed by atoms with van der Waals surface area (Å²) in [5.41, 5.74) is 2.10. The highest BCUT2D eigenvalue weighted by Crippen LogP contribution is 2.42. The Morgan fingerprint density at radius 1 is 0.962 bits per heavy atom. The first-order valence-electron chi connectivity index (χ1n) is 8.41. The minimum atomic E-state index is -0.608. The number of aryl methyl sites for hydroxylation is 1. The third kappa shape index (κ3) is 4.00. The van der Waals surface area contributed by atoms with Gasteiger partial charge in [-0.05, 0) is 66.6 Å². The molecule has 0 radical (unpaired) electrons. The summed E-state index contributed by atoms with van der Waals surface area (Å²) in [4.78, 5) is 13.7. The predicted molar refractivity (Wildman–Crippen MR) is 102 cm³/mol. The monoisotopic (exact) mass is 368 g/mol. The zero-order chi connectivity index (χ0) is 19.4. The Labute approximate surface area is 157 Å². The summed E-state index contributed by atoms with van der Waals surface area (Å²) in [6.45, 7) is 1.88. The van der Waals surface area contributed by atoms with Crippen molar-refractivity contribution in [3.05, 3.63) is 83.4 Å². The van der Waals surface area contributed by atoms with Crippen molar-refractivity contribution in [2.45, 2.75) is 17.1 Å². The molecule has 3 rings (SSSR count). The summed E-state index contributed by atoms with van der Waals surface area (Å²) in [5, 5.41) is 23.6. The first-order valence-corrected chi connectivity index (χ1v) is 8.88. The molecule has 3 aromatic rings. The van der Waals surface area contributed by atoms with Crippen LogP contribution in [0.1, 0.15) is 26.7 Å². The Kier molecular flexibility index (Phi) is 4.80. The number of hydrogen-bond acceptors (Lipinski definition) is 5. The van der Waals surface area contributed by atoms with E-state index >= 15 is 0 Å². The van der Waals surface area contributed by atoms with Gasteiger partial charge in [-0.2, -0.15) is 0 Å². The number of rotatable bonds is 6. The van der Waals surface area contributed by atoms with E-state index in [4.69, 9.17) is 1.43 Å². The second kappa shape index (κ2) is 7.54. The van der Waals surface area contributed by atoms with Crippen LogP contribution in [0.25, 0.3) is 0 Å². The van der Waals surface area contributed by atoms with Crippen molar-refractivity contribution in [3.63, 3.8) is 0 Å². The van der Waals surface area contributed by atoms with Crippen LogP contribution in [0.15, 0.2) is 71.6 Å². The molecule has 3 N–H and O–H groups in total. The Morgan fingerprint density at radius 2 is 1.62 bits per heavy atom. The SMILES string of the molecule is [3H]Oc1ccc(C(Sc2ccc(C)cc2O)C(=O)c2ccc(O)cc2)cc1. The van der Waals surface area contributed by atoms with Crippen molar-refractivity contribution in [3.8, 4) is 17.2 Å². The summed E-state index contributed by atoms with van der Waals surface area (Å²) in [5.74, 6) is 0.427. The Bertz CT molecular complexity index is 939. The number of carbonyl (C=O) groups is 1. The van der Waals surface area contributed by atoms with Crippen LogP contribution in [-0.2, 0) is 0 Å². The number of Topliss-reactive ketones (excluding diaryl/α,β-unsaturated/α-hetero) is 1. The molecule has 4 nitrogen and oxygen atoms in total. The molecule has 0 saturated carbocycles. The summed E-state index contributed by atoms with van der Waals surface area (Å²) < 4.78 is 6.96. The molecule has 26 heavy (non-hydrogen) atoms. The second-order valence-corrected chi connectivity index (χ2v) is 7.10. The smallest absolute Gasteiger partial charge is 0.293 e. The third-order valence-electron chi connectivity index (χ3n) is 3.93. The molecule has 5 heteroatoms. The zero-order valence-electron chi connectivity index (χ0n) is 15.0. The van der Waals surface area contributed by atoms with Gasteiger partial charge in [0.05, 0.1) is 10.1 Å². The summed E-state index contributed by atoms with van der Waals surface area (Å²) >= 11 is 1.25. The van der Waals surface area contributed by atoms with Gasteiger partial charge in [-0.3, -0.25) is 4.79 Å². The second-order valence-electron chi connectivity index (χ2n) is 5.95. The van der Waals surface area contributed by atoms with Crippen molar-refractivity contribution < 1.29 is 20.1 Å². The van der Waals surface area contributed by atoms with Crippen LogP contribution in [0.5, 0.6) is 17.2 Å². The lowest BCUT2D eigenvalue weighted by Gasteiger charge is -2.17. The normalized spacial score (nSPS) is 12.3. The van der Waals surface area contributed by atoms with Crippen LogP contribution in [0.4, 0.5) is 0 Å². The zero-order valence-corrected chi connectivity index (χ0v) is 14.9. The molecule has 0 heterocycles. The van der Waals surface area contributed by atoms with Crippen molar-refractivity contribution in [1.29, 1.82) is 1.43 Å². The molecule has 1 unspecified atom stereocenters. The van der Waals surface area contributed by atoms with Gasteiger partial charge < -0.3 is 15.3 Å². The van der Waals surface area contributed by atoms with E-state index in [1.165, 1.54) is 23.9 Å². The number of hydrogen-bond donors (Lipinski definition) is 3. The summed E-state index contributed by atoms with van der Waals surface area (Å²) in [7, 11) is 0. The van der Waals surface area contributed by atoms with Crippen molar-refractivity contribution in [2.75, 3.05) is 0 Å². The number of benzene rings is 3. The maximum absolute atomic E-state index is 13.1. The predicted octanol–water partition coefficient (Wildman–Crippen LogP) is 4.83. The fourth-order valence-electron chi connectivity index (χ4n) is 2.55. The van der Waals surface area contributed by atoms with Crippen LogP contribution < -0.4 is 0 Å². The van der Waals surface area contributed by atoms with E-state index in [-0.39, 0.29) is 17.3 Å². The van der Waals surface area contributed by atoms with Crippen molar-refractivity contribution >= 4 is 17.5 Å². The molecule has 0 aromatic heterocycles. The van der Waals surface area contributed by atoms with E-state index in [9.17, 15) is 15.0 Å². The van der Waals surface area contributed by atoms with Gasteiger partial charge >= 0.3 is 0 Å². The van der Waals surface area contributed by atoms with Crippen LogP contribution in [0.3, 0.4) is 0 Å². The van der Waals surface area contributed by atoms with Crippen LogP contribution in [0.2, 0.25) is 0 Å². The maximum Gasteiger partial charge on any atom is 0.293 e.